The average molecular weight is 528 g/mol. The first-order chi connectivity index (χ1) is 17.3. The number of benzene rings is 2. The molecule has 0 spiro atoms. The molecule has 2 aromatic carbocycles. The molecule has 0 aliphatic heterocycles. The minimum absolute atomic E-state index is 0.0618. The maximum atomic E-state index is 12.7. The second-order valence-corrected chi connectivity index (χ2v) is 14.7. The Bertz CT molecular complexity index is 1090. The van der Waals surface area contributed by atoms with Crippen molar-refractivity contribution in [2.45, 2.75) is 58.8 Å². The van der Waals surface area contributed by atoms with Crippen LogP contribution in [0.25, 0.3) is 0 Å². The molecule has 0 saturated carbocycles. The summed E-state index contributed by atoms with van der Waals surface area (Å²) in [4.78, 5) is 36.8. The van der Waals surface area contributed by atoms with E-state index in [2.05, 4.69) is 49.9 Å². The van der Waals surface area contributed by atoms with Gasteiger partial charge in [-0.05, 0) is 73.9 Å². The third kappa shape index (κ3) is 9.14. The van der Waals surface area contributed by atoms with Crippen molar-refractivity contribution in [3.05, 3.63) is 65.2 Å². The number of ether oxygens (including phenoxy) is 2. The Hall–Kier alpha value is -3.50. The van der Waals surface area contributed by atoms with Crippen LogP contribution >= 0.6 is 0 Å². The quantitative estimate of drug-likeness (QED) is 0.137. The molecule has 0 aromatic heterocycles. The summed E-state index contributed by atoms with van der Waals surface area (Å²) >= 11 is 0. The third-order valence-corrected chi connectivity index (χ3v) is 10.3. The Morgan fingerprint density at radius 2 is 1.59 bits per heavy atom. The fourth-order valence-electron chi connectivity index (χ4n) is 2.77. The van der Waals surface area contributed by atoms with Crippen molar-refractivity contribution in [1.29, 1.82) is 0 Å². The normalized spacial score (nSPS) is 12.6. The molecule has 1 atom stereocenters. The van der Waals surface area contributed by atoms with Crippen LogP contribution < -0.4 is 15.6 Å². The molecule has 2 aromatic rings. The molecule has 0 radical (unpaired) electrons. The molecule has 10 heteroatoms. The molecule has 37 heavy (non-hydrogen) atoms. The van der Waals surface area contributed by atoms with Gasteiger partial charge in [-0.1, -0.05) is 32.9 Å². The summed E-state index contributed by atoms with van der Waals surface area (Å²) in [5.41, 5.74) is 4.30. The standard InChI is InChI=1S/C27H37N3O6Si/c1-8-34-24(31)18-35-23-15-13-21(14-16-23)25(32)19(2)29-26(33)22-11-9-20(10-12-22)17-28-30-36-37(6,7)27(3,4)5/h9-17,19,30H,8,18H2,1-7H3,(H,29,33)/t19-/m0/s1. The number of amides is 1. The van der Waals surface area contributed by atoms with Crippen LogP contribution in [0.1, 0.15) is 60.9 Å². The number of nitrogens with one attached hydrogen (secondary N) is 2. The summed E-state index contributed by atoms with van der Waals surface area (Å²) in [6.07, 6.45) is 1.61. The van der Waals surface area contributed by atoms with Crippen LogP contribution in [0.2, 0.25) is 18.1 Å². The molecule has 200 valence electrons. The summed E-state index contributed by atoms with van der Waals surface area (Å²) in [5, 5.41) is 6.90. The summed E-state index contributed by atoms with van der Waals surface area (Å²) in [6.45, 7) is 14.1. The van der Waals surface area contributed by atoms with Gasteiger partial charge in [-0.25, -0.2) is 4.79 Å². The van der Waals surface area contributed by atoms with Crippen LogP contribution in [-0.2, 0) is 14.1 Å². The second-order valence-electron chi connectivity index (χ2n) is 10.0. The average Bonchev–Trinajstić information content (AvgIpc) is 2.85. The summed E-state index contributed by atoms with van der Waals surface area (Å²) in [7, 11) is -1.96. The van der Waals surface area contributed by atoms with Crippen molar-refractivity contribution < 1.29 is 28.4 Å². The molecule has 0 unspecified atom stereocenters. The fourth-order valence-corrected chi connectivity index (χ4v) is 3.36. The van der Waals surface area contributed by atoms with Crippen LogP contribution in [-0.4, -0.2) is 51.4 Å². The van der Waals surface area contributed by atoms with Gasteiger partial charge >= 0.3 is 5.97 Å². The first kappa shape index (κ1) is 29.7. The number of hydrogen-bond donors (Lipinski definition) is 2. The van der Waals surface area contributed by atoms with Gasteiger partial charge in [0.1, 0.15) is 5.75 Å². The Morgan fingerprint density at radius 1 is 1.00 bits per heavy atom. The van der Waals surface area contributed by atoms with Crippen molar-refractivity contribution in [2.24, 2.45) is 5.10 Å². The molecular formula is C27H37N3O6Si. The van der Waals surface area contributed by atoms with Gasteiger partial charge in [-0.15, -0.1) is 0 Å². The van der Waals surface area contributed by atoms with Gasteiger partial charge in [0.15, 0.2) is 12.4 Å². The highest BCUT2D eigenvalue weighted by Gasteiger charge is 2.38. The summed E-state index contributed by atoms with van der Waals surface area (Å²) in [5.74, 6) is -0.640. The van der Waals surface area contributed by atoms with E-state index in [9.17, 15) is 14.4 Å². The minimum atomic E-state index is -1.96. The molecule has 0 bridgehead atoms. The SMILES string of the molecule is CCOC(=O)COc1ccc(C(=O)[C@H](C)NC(=O)c2ccc(C=NNO[Si](C)(C)C(C)(C)C)cc2)cc1. The zero-order valence-corrected chi connectivity index (χ0v) is 23.6. The smallest absolute Gasteiger partial charge is 0.344 e. The Balaban J connectivity index is 1.88. The first-order valence-electron chi connectivity index (χ1n) is 12.1. The van der Waals surface area contributed by atoms with Crippen molar-refractivity contribution in [3.8, 4) is 5.75 Å². The molecule has 0 aliphatic carbocycles. The number of carbonyl (C=O) groups is 3. The van der Waals surface area contributed by atoms with Crippen LogP contribution in [0.15, 0.2) is 53.6 Å². The van der Waals surface area contributed by atoms with E-state index in [0.29, 0.717) is 16.9 Å². The molecule has 9 nitrogen and oxygen atoms in total. The maximum Gasteiger partial charge on any atom is 0.344 e. The van der Waals surface area contributed by atoms with Crippen LogP contribution in [0, 0.1) is 0 Å². The van der Waals surface area contributed by atoms with E-state index in [-0.39, 0.29) is 29.9 Å². The van der Waals surface area contributed by atoms with Crippen LogP contribution in [0.5, 0.6) is 5.75 Å². The molecule has 2 rings (SSSR count). The number of hydrazone groups is 1. The van der Waals surface area contributed by atoms with Gasteiger partial charge in [-0.2, -0.15) is 10.7 Å². The molecule has 0 saturated heterocycles. The van der Waals surface area contributed by atoms with E-state index < -0.39 is 20.3 Å². The predicted octanol–water partition coefficient (Wildman–Crippen LogP) is 4.49. The number of carbonyl (C=O) groups excluding carboxylic acids is 3. The summed E-state index contributed by atoms with van der Waals surface area (Å²) < 4.78 is 15.9. The lowest BCUT2D eigenvalue weighted by molar-refractivity contribution is -0.145. The zero-order valence-electron chi connectivity index (χ0n) is 22.6. The van der Waals surface area contributed by atoms with Crippen molar-refractivity contribution in [3.63, 3.8) is 0 Å². The summed E-state index contributed by atoms with van der Waals surface area (Å²) in [6, 6.07) is 12.5. The van der Waals surface area contributed by atoms with Crippen molar-refractivity contribution in [2.75, 3.05) is 13.2 Å². The molecule has 0 fully saturated rings. The zero-order chi connectivity index (χ0) is 27.6. The lowest BCUT2D eigenvalue weighted by Crippen LogP contribution is -2.43. The van der Waals surface area contributed by atoms with Gasteiger partial charge in [0.25, 0.3) is 5.91 Å². The molecule has 0 aliphatic rings. The number of ketones is 1. The number of rotatable bonds is 12. The number of esters is 1. The Morgan fingerprint density at radius 3 is 2.16 bits per heavy atom. The number of nitrogens with zero attached hydrogens (tertiary/aromatic N) is 1. The van der Waals surface area contributed by atoms with E-state index in [0.717, 1.165) is 5.56 Å². The molecule has 1 amide bonds. The minimum Gasteiger partial charge on any atom is -0.482 e. The first-order valence-corrected chi connectivity index (χ1v) is 15.0. The molecule has 2 N–H and O–H groups in total. The lowest BCUT2D eigenvalue weighted by Gasteiger charge is -2.34. The van der Waals surface area contributed by atoms with Crippen molar-refractivity contribution in [1.82, 2.24) is 10.9 Å². The van der Waals surface area contributed by atoms with Crippen LogP contribution in [0.4, 0.5) is 0 Å². The third-order valence-electron chi connectivity index (χ3n) is 6.09. The molecular weight excluding hydrogens is 490 g/mol. The monoisotopic (exact) mass is 527 g/mol. The predicted molar refractivity (Wildman–Crippen MR) is 145 cm³/mol. The Kier molecular flexibility index (Phi) is 10.6. The van der Waals surface area contributed by atoms with E-state index in [1.165, 1.54) is 0 Å². The topological polar surface area (TPSA) is 115 Å². The fraction of sp³-hybridized carbons (Fsp3) is 0.407. The maximum absolute atomic E-state index is 12.7. The largest absolute Gasteiger partial charge is 0.482 e. The van der Waals surface area contributed by atoms with Crippen molar-refractivity contribution >= 4 is 32.2 Å². The van der Waals surface area contributed by atoms with E-state index >= 15 is 0 Å². The highest BCUT2D eigenvalue weighted by atomic mass is 28.4. The highest BCUT2D eigenvalue weighted by molar-refractivity contribution is 6.74. The van der Waals surface area contributed by atoms with E-state index in [1.807, 2.05) is 0 Å². The van der Waals surface area contributed by atoms with E-state index in [4.69, 9.17) is 14.0 Å². The van der Waals surface area contributed by atoms with Gasteiger partial charge in [0.2, 0.25) is 8.32 Å². The van der Waals surface area contributed by atoms with Crippen LogP contribution in [0.3, 0.4) is 0 Å². The number of hydrogen-bond acceptors (Lipinski definition) is 8. The second kappa shape index (κ2) is 13.2. The van der Waals surface area contributed by atoms with Gasteiger partial charge in [0.05, 0.1) is 18.9 Å². The van der Waals surface area contributed by atoms with E-state index in [1.54, 1.807) is 68.6 Å². The van der Waals surface area contributed by atoms with Gasteiger partial charge < -0.3 is 19.3 Å². The lowest BCUT2D eigenvalue weighted by atomic mass is 10.0. The highest BCUT2D eigenvalue weighted by Crippen LogP contribution is 2.35. The van der Waals surface area contributed by atoms with Gasteiger partial charge in [-0.3, -0.25) is 9.59 Å². The van der Waals surface area contributed by atoms with Gasteiger partial charge in [0, 0.05) is 11.1 Å². The molecule has 0 heterocycles. The Labute approximate surface area is 219 Å². The number of Topliss-reactive ketones (excluding diaryl/α,β-unsaturated/α-hetero) is 1.